The molecule has 1 unspecified atom stereocenters. The van der Waals surface area contributed by atoms with E-state index in [0.29, 0.717) is 6.04 Å². The van der Waals surface area contributed by atoms with E-state index in [1.54, 1.807) is 7.11 Å². The highest BCUT2D eigenvalue weighted by atomic mass is 35.5. The Labute approximate surface area is 97.4 Å². The van der Waals surface area contributed by atoms with Crippen molar-refractivity contribution in [1.82, 2.24) is 5.32 Å². The second-order valence-corrected chi connectivity index (χ2v) is 3.85. The summed E-state index contributed by atoms with van der Waals surface area (Å²) in [5.41, 5.74) is 1.36. The molecule has 1 aromatic carbocycles. The van der Waals surface area contributed by atoms with E-state index in [9.17, 15) is 0 Å². The Bertz CT molecular complexity index is 297. The van der Waals surface area contributed by atoms with Gasteiger partial charge in [-0.1, -0.05) is 12.1 Å². The maximum Gasteiger partial charge on any atom is 0.119 e. The summed E-state index contributed by atoms with van der Waals surface area (Å²) in [5, 5.41) is 3.50. The predicted octanol–water partition coefficient (Wildman–Crippen LogP) is 2.41. The predicted molar refractivity (Wildman–Crippen MR) is 65.0 cm³/mol. The zero-order valence-electron chi connectivity index (χ0n) is 9.03. The Balaban J connectivity index is 0.00000112. The van der Waals surface area contributed by atoms with Crippen molar-refractivity contribution < 1.29 is 4.74 Å². The third-order valence-corrected chi connectivity index (χ3v) is 2.78. The second-order valence-electron chi connectivity index (χ2n) is 3.85. The number of ether oxygens (including phenoxy) is 1. The Hall–Kier alpha value is -0.730. The fourth-order valence-electron chi connectivity index (χ4n) is 2.01. The highest BCUT2D eigenvalue weighted by molar-refractivity contribution is 5.85. The van der Waals surface area contributed by atoms with Gasteiger partial charge in [-0.05, 0) is 43.5 Å². The van der Waals surface area contributed by atoms with E-state index in [-0.39, 0.29) is 12.4 Å². The minimum absolute atomic E-state index is 0. The van der Waals surface area contributed by atoms with Crippen LogP contribution in [0.3, 0.4) is 0 Å². The summed E-state index contributed by atoms with van der Waals surface area (Å²) < 4.78 is 5.20. The van der Waals surface area contributed by atoms with Crippen molar-refractivity contribution in [2.75, 3.05) is 13.7 Å². The van der Waals surface area contributed by atoms with Gasteiger partial charge in [-0.15, -0.1) is 12.4 Å². The van der Waals surface area contributed by atoms with Gasteiger partial charge in [0.1, 0.15) is 5.75 Å². The molecule has 1 saturated heterocycles. The maximum atomic E-state index is 5.20. The van der Waals surface area contributed by atoms with Crippen molar-refractivity contribution in [3.05, 3.63) is 29.8 Å². The minimum Gasteiger partial charge on any atom is -0.497 e. The monoisotopic (exact) mass is 227 g/mol. The molecular formula is C12H18ClNO. The van der Waals surface area contributed by atoms with Crippen molar-refractivity contribution in [2.45, 2.75) is 25.3 Å². The van der Waals surface area contributed by atoms with Gasteiger partial charge in [0.15, 0.2) is 0 Å². The SMILES string of the molecule is COc1cccc(CC2CCCN2)c1.Cl. The summed E-state index contributed by atoms with van der Waals surface area (Å²) in [6, 6.07) is 9.01. The summed E-state index contributed by atoms with van der Waals surface area (Å²) in [4.78, 5) is 0. The Morgan fingerprint density at radius 3 is 3.00 bits per heavy atom. The van der Waals surface area contributed by atoms with Gasteiger partial charge in [0, 0.05) is 6.04 Å². The standard InChI is InChI=1S/C12H17NO.ClH/c1-14-12-6-2-4-10(9-12)8-11-5-3-7-13-11;/h2,4,6,9,11,13H,3,5,7-8H2,1H3;1H. The summed E-state index contributed by atoms with van der Waals surface area (Å²) in [6.45, 7) is 1.18. The first-order valence-corrected chi connectivity index (χ1v) is 5.25. The Morgan fingerprint density at radius 1 is 1.47 bits per heavy atom. The normalized spacial score (nSPS) is 19.7. The number of hydrogen-bond acceptors (Lipinski definition) is 2. The molecule has 0 aromatic heterocycles. The van der Waals surface area contributed by atoms with Gasteiger partial charge in [-0.25, -0.2) is 0 Å². The van der Waals surface area contributed by atoms with E-state index in [2.05, 4.69) is 23.5 Å². The van der Waals surface area contributed by atoms with Crippen LogP contribution in [0.15, 0.2) is 24.3 Å². The lowest BCUT2D eigenvalue weighted by molar-refractivity contribution is 0.414. The molecule has 2 rings (SSSR count). The van der Waals surface area contributed by atoms with Crippen LogP contribution in [0, 0.1) is 0 Å². The van der Waals surface area contributed by atoms with Crippen molar-refractivity contribution >= 4 is 12.4 Å². The Kier molecular flexibility index (Phi) is 4.92. The first kappa shape index (κ1) is 12.3. The van der Waals surface area contributed by atoms with E-state index >= 15 is 0 Å². The third-order valence-electron chi connectivity index (χ3n) is 2.78. The first-order valence-electron chi connectivity index (χ1n) is 5.25. The number of halogens is 1. The zero-order chi connectivity index (χ0) is 9.80. The van der Waals surface area contributed by atoms with E-state index in [1.165, 1.54) is 24.9 Å². The van der Waals surface area contributed by atoms with Crippen molar-refractivity contribution in [2.24, 2.45) is 0 Å². The molecule has 1 N–H and O–H groups in total. The number of nitrogens with one attached hydrogen (secondary N) is 1. The molecule has 1 aromatic rings. The van der Waals surface area contributed by atoms with Crippen LogP contribution in [-0.2, 0) is 6.42 Å². The topological polar surface area (TPSA) is 21.3 Å². The summed E-state index contributed by atoms with van der Waals surface area (Å²) in [6.07, 6.45) is 3.74. The lowest BCUT2D eigenvalue weighted by Crippen LogP contribution is -2.23. The molecule has 3 heteroatoms. The number of rotatable bonds is 3. The zero-order valence-corrected chi connectivity index (χ0v) is 9.85. The second kappa shape index (κ2) is 5.99. The molecule has 1 atom stereocenters. The van der Waals surface area contributed by atoms with Crippen molar-refractivity contribution in [3.8, 4) is 5.75 Å². The van der Waals surface area contributed by atoms with Crippen LogP contribution in [0.4, 0.5) is 0 Å². The molecule has 1 heterocycles. The maximum absolute atomic E-state index is 5.20. The summed E-state index contributed by atoms with van der Waals surface area (Å²) >= 11 is 0. The quantitative estimate of drug-likeness (QED) is 0.857. The molecule has 0 amide bonds. The first-order chi connectivity index (χ1) is 6.88. The molecule has 0 aliphatic carbocycles. The molecular weight excluding hydrogens is 210 g/mol. The lowest BCUT2D eigenvalue weighted by Gasteiger charge is -2.10. The van der Waals surface area contributed by atoms with Crippen LogP contribution in [0.25, 0.3) is 0 Å². The van der Waals surface area contributed by atoms with Gasteiger partial charge in [-0.3, -0.25) is 0 Å². The molecule has 0 spiro atoms. The number of methoxy groups -OCH3 is 1. The lowest BCUT2D eigenvalue weighted by atomic mass is 10.0. The average molecular weight is 228 g/mol. The van der Waals surface area contributed by atoms with Gasteiger partial charge in [0.2, 0.25) is 0 Å². The van der Waals surface area contributed by atoms with Gasteiger partial charge in [0.05, 0.1) is 7.11 Å². The van der Waals surface area contributed by atoms with Crippen molar-refractivity contribution in [3.63, 3.8) is 0 Å². The van der Waals surface area contributed by atoms with E-state index in [1.807, 2.05) is 6.07 Å². The molecule has 1 aliphatic rings. The summed E-state index contributed by atoms with van der Waals surface area (Å²) in [5.74, 6) is 0.959. The fraction of sp³-hybridized carbons (Fsp3) is 0.500. The molecule has 0 radical (unpaired) electrons. The molecule has 0 saturated carbocycles. The van der Waals surface area contributed by atoms with Crippen LogP contribution in [-0.4, -0.2) is 19.7 Å². The van der Waals surface area contributed by atoms with Gasteiger partial charge >= 0.3 is 0 Å². The molecule has 2 nitrogen and oxygen atoms in total. The summed E-state index contributed by atoms with van der Waals surface area (Å²) in [7, 11) is 1.72. The number of benzene rings is 1. The Morgan fingerprint density at radius 2 is 2.33 bits per heavy atom. The van der Waals surface area contributed by atoms with Crippen LogP contribution >= 0.6 is 12.4 Å². The van der Waals surface area contributed by atoms with Gasteiger partial charge in [-0.2, -0.15) is 0 Å². The number of hydrogen-bond donors (Lipinski definition) is 1. The van der Waals surface area contributed by atoms with Gasteiger partial charge in [0.25, 0.3) is 0 Å². The molecule has 1 fully saturated rings. The largest absolute Gasteiger partial charge is 0.497 e. The average Bonchev–Trinajstić information content (AvgIpc) is 2.71. The van der Waals surface area contributed by atoms with Crippen molar-refractivity contribution in [1.29, 1.82) is 0 Å². The van der Waals surface area contributed by atoms with Crippen LogP contribution < -0.4 is 10.1 Å². The van der Waals surface area contributed by atoms with Crippen LogP contribution in [0.5, 0.6) is 5.75 Å². The van der Waals surface area contributed by atoms with E-state index < -0.39 is 0 Å². The molecule has 1 aliphatic heterocycles. The van der Waals surface area contributed by atoms with Crippen LogP contribution in [0.1, 0.15) is 18.4 Å². The van der Waals surface area contributed by atoms with Crippen LogP contribution in [0.2, 0.25) is 0 Å². The highest BCUT2D eigenvalue weighted by Gasteiger charge is 2.14. The highest BCUT2D eigenvalue weighted by Crippen LogP contribution is 2.16. The minimum atomic E-state index is 0. The molecule has 15 heavy (non-hydrogen) atoms. The van der Waals surface area contributed by atoms with E-state index in [0.717, 1.165) is 12.2 Å². The van der Waals surface area contributed by atoms with Gasteiger partial charge < -0.3 is 10.1 Å². The molecule has 84 valence electrons. The third kappa shape index (κ3) is 3.40. The fourth-order valence-corrected chi connectivity index (χ4v) is 2.01. The smallest absolute Gasteiger partial charge is 0.119 e. The molecule has 0 bridgehead atoms. The van der Waals surface area contributed by atoms with E-state index in [4.69, 9.17) is 4.74 Å².